The van der Waals surface area contributed by atoms with Crippen LogP contribution in [0.15, 0.2) is 35.2 Å². The van der Waals surface area contributed by atoms with E-state index in [9.17, 15) is 22.4 Å². The van der Waals surface area contributed by atoms with E-state index in [0.717, 1.165) is 0 Å². The van der Waals surface area contributed by atoms with Crippen molar-refractivity contribution in [3.63, 3.8) is 0 Å². The monoisotopic (exact) mass is 492 g/mol. The lowest BCUT2D eigenvalue weighted by Crippen LogP contribution is -2.40. The molecule has 2 aromatic rings. The van der Waals surface area contributed by atoms with E-state index in [-0.39, 0.29) is 58.9 Å². The molecule has 4 rings (SSSR count). The summed E-state index contributed by atoms with van der Waals surface area (Å²) in [6, 6.07) is 6.72. The number of benzene rings is 2. The Bertz CT molecular complexity index is 1230. The molecule has 1 aliphatic heterocycles. The smallest absolute Gasteiger partial charge is 0.262 e. The van der Waals surface area contributed by atoms with Crippen molar-refractivity contribution >= 4 is 27.4 Å². The summed E-state index contributed by atoms with van der Waals surface area (Å²) < 4.78 is 57.4. The molecule has 1 atom stereocenters. The molecule has 1 saturated heterocycles. The molecule has 1 N–H and O–H groups in total. The Morgan fingerprint density at radius 1 is 1.21 bits per heavy atom. The average molecular weight is 493 g/mol. The molecule has 1 fully saturated rings. The van der Waals surface area contributed by atoms with Crippen molar-refractivity contribution in [3.05, 3.63) is 47.3 Å². The van der Waals surface area contributed by atoms with Crippen LogP contribution in [-0.2, 0) is 19.6 Å². The highest BCUT2D eigenvalue weighted by atomic mass is 32.2. The maximum atomic E-state index is 14.2. The summed E-state index contributed by atoms with van der Waals surface area (Å²) in [4.78, 5) is 24.9. The van der Waals surface area contributed by atoms with Gasteiger partial charge in [-0.2, -0.15) is 4.31 Å². The molecule has 182 valence electrons. The lowest BCUT2D eigenvalue weighted by molar-refractivity contribution is -0.118. The highest BCUT2D eigenvalue weighted by Crippen LogP contribution is 2.39. The molecular weight excluding hydrogens is 467 g/mol. The Kier molecular flexibility index (Phi) is 6.87. The van der Waals surface area contributed by atoms with Gasteiger partial charge in [-0.3, -0.25) is 9.59 Å². The molecule has 0 radical (unpaired) electrons. The molecule has 11 heteroatoms. The number of carbonyl (C=O) groups is 2. The number of carbonyl (C=O) groups excluding carboxylic acids is 2. The van der Waals surface area contributed by atoms with E-state index in [1.54, 1.807) is 6.92 Å². The molecule has 1 heterocycles. The van der Waals surface area contributed by atoms with Gasteiger partial charge in [-0.15, -0.1) is 0 Å². The molecular formula is C23H25FN2O7S. The SMILES string of the molecule is COc1ccc(S(=O)(=O)N2CCOCC2)cc1NC(=O)COc1ccc(F)c2c1C(=O)CC2C. The van der Waals surface area contributed by atoms with Crippen molar-refractivity contribution in [2.24, 2.45) is 0 Å². The summed E-state index contributed by atoms with van der Waals surface area (Å²) in [5.41, 5.74) is 0.613. The molecule has 34 heavy (non-hydrogen) atoms. The summed E-state index contributed by atoms with van der Waals surface area (Å²) in [7, 11) is -2.39. The van der Waals surface area contributed by atoms with Crippen LogP contribution in [0.3, 0.4) is 0 Å². The fraction of sp³-hybridized carbons (Fsp3) is 0.391. The first-order valence-electron chi connectivity index (χ1n) is 10.8. The molecule has 1 unspecified atom stereocenters. The third kappa shape index (κ3) is 4.63. The number of amides is 1. The molecule has 0 bridgehead atoms. The lowest BCUT2D eigenvalue weighted by Gasteiger charge is -2.26. The highest BCUT2D eigenvalue weighted by molar-refractivity contribution is 7.89. The summed E-state index contributed by atoms with van der Waals surface area (Å²) in [5.74, 6) is -1.18. The van der Waals surface area contributed by atoms with Crippen LogP contribution < -0.4 is 14.8 Å². The summed E-state index contributed by atoms with van der Waals surface area (Å²) in [6.07, 6.45) is 0.181. The third-order valence-electron chi connectivity index (χ3n) is 5.83. The van der Waals surface area contributed by atoms with Gasteiger partial charge in [0.25, 0.3) is 5.91 Å². The predicted molar refractivity (Wildman–Crippen MR) is 120 cm³/mol. The largest absolute Gasteiger partial charge is 0.495 e. The number of hydrogen-bond acceptors (Lipinski definition) is 7. The molecule has 9 nitrogen and oxygen atoms in total. The standard InChI is InChI=1S/C23H25FN2O7S/c1-14-11-18(27)23-20(6-4-16(24)22(14)23)33-13-21(28)25-17-12-15(3-5-19(17)31-2)34(29,30)26-7-9-32-10-8-26/h3-6,12,14H,7-11,13H2,1-2H3,(H,25,28). The second kappa shape index (κ2) is 9.69. The van der Waals surface area contributed by atoms with Gasteiger partial charge in [-0.05, 0) is 36.2 Å². The van der Waals surface area contributed by atoms with Crippen molar-refractivity contribution in [2.75, 3.05) is 45.3 Å². The number of morpholine rings is 1. The van der Waals surface area contributed by atoms with E-state index in [4.69, 9.17) is 14.2 Å². The van der Waals surface area contributed by atoms with Gasteiger partial charge in [0.1, 0.15) is 17.3 Å². The van der Waals surface area contributed by atoms with Crippen LogP contribution in [-0.4, -0.2) is 64.4 Å². The van der Waals surface area contributed by atoms with Crippen molar-refractivity contribution in [1.29, 1.82) is 0 Å². The Morgan fingerprint density at radius 2 is 1.91 bits per heavy atom. The number of nitrogens with one attached hydrogen (secondary N) is 1. The van der Waals surface area contributed by atoms with Gasteiger partial charge < -0.3 is 19.5 Å². The minimum absolute atomic E-state index is 0.00218. The van der Waals surface area contributed by atoms with E-state index in [2.05, 4.69) is 5.32 Å². The van der Waals surface area contributed by atoms with Gasteiger partial charge in [0, 0.05) is 25.1 Å². The summed E-state index contributed by atoms with van der Waals surface area (Å²) in [6.45, 7) is 2.39. The highest BCUT2D eigenvalue weighted by Gasteiger charge is 2.33. The molecule has 1 amide bonds. The quantitative estimate of drug-likeness (QED) is 0.632. The molecule has 2 aromatic carbocycles. The molecule has 2 aliphatic rings. The predicted octanol–water partition coefficient (Wildman–Crippen LogP) is 2.56. The number of ketones is 1. The second-order valence-electron chi connectivity index (χ2n) is 8.08. The zero-order valence-corrected chi connectivity index (χ0v) is 19.6. The maximum Gasteiger partial charge on any atom is 0.262 e. The van der Waals surface area contributed by atoms with E-state index in [1.165, 1.54) is 41.7 Å². The van der Waals surface area contributed by atoms with Crippen molar-refractivity contribution in [2.45, 2.75) is 24.2 Å². The lowest BCUT2D eigenvalue weighted by atomic mass is 10.0. The van der Waals surface area contributed by atoms with E-state index in [0.29, 0.717) is 18.8 Å². The van der Waals surface area contributed by atoms with E-state index >= 15 is 0 Å². The van der Waals surface area contributed by atoms with Crippen LogP contribution in [0.1, 0.15) is 35.2 Å². The number of halogens is 1. The normalized spacial score (nSPS) is 18.4. The number of anilines is 1. The van der Waals surface area contributed by atoms with Crippen molar-refractivity contribution in [3.8, 4) is 11.5 Å². The topological polar surface area (TPSA) is 111 Å². The van der Waals surface area contributed by atoms with Gasteiger partial charge in [0.05, 0.1) is 36.5 Å². The number of Topliss-reactive ketones (excluding diaryl/α,β-unsaturated/α-hetero) is 1. The summed E-state index contributed by atoms with van der Waals surface area (Å²) >= 11 is 0. The Hall–Kier alpha value is -3.02. The number of sulfonamides is 1. The average Bonchev–Trinajstić information content (AvgIpc) is 3.14. The maximum absolute atomic E-state index is 14.2. The minimum atomic E-state index is -3.78. The van der Waals surface area contributed by atoms with Crippen LogP contribution in [0.4, 0.5) is 10.1 Å². The first kappa shape index (κ1) is 24.1. The Labute approximate surface area is 196 Å². The number of methoxy groups -OCH3 is 1. The van der Waals surface area contributed by atoms with Gasteiger partial charge >= 0.3 is 0 Å². The number of rotatable bonds is 7. The third-order valence-corrected chi connectivity index (χ3v) is 7.72. The number of nitrogens with zero attached hydrogens (tertiary/aromatic N) is 1. The van der Waals surface area contributed by atoms with Gasteiger partial charge in [0.2, 0.25) is 10.0 Å². The van der Waals surface area contributed by atoms with Gasteiger partial charge in [-0.25, -0.2) is 12.8 Å². The second-order valence-corrected chi connectivity index (χ2v) is 10.0. The molecule has 0 saturated carbocycles. The zero-order chi connectivity index (χ0) is 24.5. The van der Waals surface area contributed by atoms with Crippen molar-refractivity contribution < 1.29 is 36.6 Å². The van der Waals surface area contributed by atoms with E-state index in [1.807, 2.05) is 0 Å². The van der Waals surface area contributed by atoms with Crippen LogP contribution in [0, 0.1) is 5.82 Å². The van der Waals surface area contributed by atoms with Gasteiger partial charge in [0.15, 0.2) is 12.4 Å². The van der Waals surface area contributed by atoms with Crippen LogP contribution in [0.5, 0.6) is 11.5 Å². The van der Waals surface area contributed by atoms with E-state index < -0.39 is 28.4 Å². The Balaban J connectivity index is 1.50. The van der Waals surface area contributed by atoms with Gasteiger partial charge in [-0.1, -0.05) is 6.92 Å². The number of ether oxygens (including phenoxy) is 3. The summed E-state index contributed by atoms with van der Waals surface area (Å²) in [5, 5.41) is 2.59. The Morgan fingerprint density at radius 3 is 2.62 bits per heavy atom. The zero-order valence-electron chi connectivity index (χ0n) is 18.8. The van der Waals surface area contributed by atoms with Crippen LogP contribution in [0.2, 0.25) is 0 Å². The minimum Gasteiger partial charge on any atom is -0.495 e. The van der Waals surface area contributed by atoms with Crippen molar-refractivity contribution in [1.82, 2.24) is 4.31 Å². The van der Waals surface area contributed by atoms with Crippen LogP contribution in [0.25, 0.3) is 0 Å². The molecule has 0 aromatic heterocycles. The first-order chi connectivity index (χ1) is 16.2. The van der Waals surface area contributed by atoms with Crippen LogP contribution >= 0.6 is 0 Å². The number of hydrogen-bond donors (Lipinski definition) is 1. The fourth-order valence-corrected chi connectivity index (χ4v) is 5.59. The number of fused-ring (bicyclic) bond motifs is 1. The fourth-order valence-electron chi connectivity index (χ4n) is 4.16. The first-order valence-corrected chi connectivity index (χ1v) is 12.2. The molecule has 1 aliphatic carbocycles. The molecule has 0 spiro atoms.